The number of benzene rings is 1. The maximum atomic E-state index is 11.7. The van der Waals surface area contributed by atoms with Gasteiger partial charge in [0.2, 0.25) is 0 Å². The van der Waals surface area contributed by atoms with E-state index in [-0.39, 0.29) is 11.6 Å². The molecule has 3 rings (SSSR count). The fourth-order valence-corrected chi connectivity index (χ4v) is 3.66. The van der Waals surface area contributed by atoms with Crippen molar-refractivity contribution in [3.05, 3.63) is 54.1 Å². The molecule has 4 heteroatoms. The molecular formula is C19H24N2O2. The second-order valence-electron chi connectivity index (χ2n) is 6.50. The maximum absolute atomic E-state index is 11.7. The average Bonchev–Trinajstić information content (AvgIpc) is 2.58. The smallest absolute Gasteiger partial charge is 0.407 e. The SMILES string of the molecule is CC1=CC[C@](Nc2ccccc2)([C@H]2CCCCN2C(=O)O)C=C1. The fourth-order valence-electron chi connectivity index (χ4n) is 3.66. The Labute approximate surface area is 137 Å². The molecule has 0 saturated carbocycles. The molecule has 1 saturated heterocycles. The fraction of sp³-hybridized carbons (Fsp3) is 0.421. The number of carbonyl (C=O) groups is 1. The number of likely N-dealkylation sites (tertiary alicyclic amines) is 1. The van der Waals surface area contributed by atoms with Gasteiger partial charge in [0.05, 0.1) is 11.6 Å². The van der Waals surface area contributed by atoms with Crippen molar-refractivity contribution in [2.24, 2.45) is 0 Å². The lowest BCUT2D eigenvalue weighted by atomic mass is 9.77. The van der Waals surface area contributed by atoms with Crippen molar-refractivity contribution >= 4 is 11.8 Å². The van der Waals surface area contributed by atoms with Crippen LogP contribution in [-0.2, 0) is 0 Å². The van der Waals surface area contributed by atoms with Gasteiger partial charge in [0.15, 0.2) is 0 Å². The van der Waals surface area contributed by atoms with Crippen molar-refractivity contribution < 1.29 is 9.90 Å². The number of carboxylic acid groups (broad SMARTS) is 1. The highest BCUT2D eigenvalue weighted by Gasteiger charge is 2.43. The van der Waals surface area contributed by atoms with Gasteiger partial charge in [-0.15, -0.1) is 0 Å². The number of piperidine rings is 1. The summed E-state index contributed by atoms with van der Waals surface area (Å²) in [6, 6.07) is 10.0. The van der Waals surface area contributed by atoms with E-state index in [1.165, 1.54) is 5.57 Å². The van der Waals surface area contributed by atoms with Crippen LogP contribution in [-0.4, -0.2) is 34.2 Å². The zero-order chi connectivity index (χ0) is 16.3. The Bertz CT molecular complexity index is 624. The third kappa shape index (κ3) is 3.26. The molecule has 122 valence electrons. The quantitative estimate of drug-likeness (QED) is 0.876. The number of amides is 1. The summed E-state index contributed by atoms with van der Waals surface area (Å²) in [6.45, 7) is 2.70. The molecule has 0 radical (unpaired) electrons. The Morgan fingerprint density at radius 3 is 2.74 bits per heavy atom. The van der Waals surface area contributed by atoms with Gasteiger partial charge in [-0.1, -0.05) is 42.0 Å². The summed E-state index contributed by atoms with van der Waals surface area (Å²) in [5.41, 5.74) is 1.88. The molecule has 2 aliphatic rings. The minimum Gasteiger partial charge on any atom is -0.465 e. The van der Waals surface area contributed by atoms with Gasteiger partial charge in [0.1, 0.15) is 0 Å². The molecule has 2 atom stereocenters. The van der Waals surface area contributed by atoms with Gasteiger partial charge in [0.25, 0.3) is 0 Å². The van der Waals surface area contributed by atoms with Gasteiger partial charge in [0, 0.05) is 12.2 Å². The van der Waals surface area contributed by atoms with E-state index in [2.05, 4.69) is 30.5 Å². The van der Waals surface area contributed by atoms with E-state index >= 15 is 0 Å². The largest absolute Gasteiger partial charge is 0.465 e. The molecule has 0 spiro atoms. The number of hydrogen-bond acceptors (Lipinski definition) is 2. The standard InChI is InChI=1S/C19H24N2O2/c1-15-10-12-19(13-11-15,20-16-7-3-2-4-8-16)17-9-5-6-14-21(17)18(22)23/h2-4,7-8,10-12,17,20H,5-6,9,13-14H2,1H3,(H,22,23)/t17-,19+/m1/s1. The Morgan fingerprint density at radius 1 is 1.30 bits per heavy atom. The van der Waals surface area contributed by atoms with Gasteiger partial charge in [-0.25, -0.2) is 4.79 Å². The summed E-state index contributed by atoms with van der Waals surface area (Å²) >= 11 is 0. The molecule has 0 bridgehead atoms. The predicted octanol–water partition coefficient (Wildman–Crippen LogP) is 4.28. The summed E-state index contributed by atoms with van der Waals surface area (Å²) < 4.78 is 0. The number of nitrogens with one attached hydrogen (secondary N) is 1. The zero-order valence-corrected chi connectivity index (χ0v) is 13.5. The summed E-state index contributed by atoms with van der Waals surface area (Å²) in [5.74, 6) is 0. The van der Waals surface area contributed by atoms with E-state index < -0.39 is 6.09 Å². The molecule has 0 aromatic heterocycles. The molecule has 1 fully saturated rings. The lowest BCUT2D eigenvalue weighted by molar-refractivity contribution is 0.0873. The number of para-hydroxylation sites is 1. The molecule has 1 heterocycles. The van der Waals surface area contributed by atoms with Crippen LogP contribution in [0.25, 0.3) is 0 Å². The molecule has 1 aliphatic carbocycles. The molecule has 1 aromatic rings. The van der Waals surface area contributed by atoms with Crippen molar-refractivity contribution in [1.82, 2.24) is 4.90 Å². The molecule has 1 aromatic carbocycles. The Balaban J connectivity index is 1.95. The average molecular weight is 312 g/mol. The summed E-state index contributed by atoms with van der Waals surface area (Å²) in [6.07, 6.45) is 9.37. The van der Waals surface area contributed by atoms with Crippen molar-refractivity contribution in [3.63, 3.8) is 0 Å². The molecule has 4 nitrogen and oxygen atoms in total. The van der Waals surface area contributed by atoms with Crippen LogP contribution in [0.1, 0.15) is 32.6 Å². The molecule has 0 unspecified atom stereocenters. The minimum absolute atomic E-state index is 0.0467. The normalized spacial score (nSPS) is 27.4. The Hall–Kier alpha value is -2.23. The van der Waals surface area contributed by atoms with Crippen LogP contribution in [0.2, 0.25) is 0 Å². The number of allylic oxidation sites excluding steroid dienone is 2. The first-order chi connectivity index (χ1) is 11.1. The monoisotopic (exact) mass is 312 g/mol. The summed E-state index contributed by atoms with van der Waals surface area (Å²) in [7, 11) is 0. The third-order valence-corrected chi connectivity index (χ3v) is 4.90. The summed E-state index contributed by atoms with van der Waals surface area (Å²) in [5, 5.41) is 13.3. The van der Waals surface area contributed by atoms with E-state index in [0.717, 1.165) is 31.4 Å². The van der Waals surface area contributed by atoms with E-state index in [1.54, 1.807) is 4.90 Å². The van der Waals surface area contributed by atoms with Gasteiger partial charge < -0.3 is 15.3 Å². The maximum Gasteiger partial charge on any atom is 0.407 e. The van der Waals surface area contributed by atoms with Crippen molar-refractivity contribution in [2.45, 2.75) is 44.2 Å². The first kappa shape index (κ1) is 15.7. The lowest BCUT2D eigenvalue weighted by Crippen LogP contribution is -2.59. The van der Waals surface area contributed by atoms with Gasteiger partial charge in [-0.2, -0.15) is 0 Å². The summed E-state index contributed by atoms with van der Waals surface area (Å²) in [4.78, 5) is 13.3. The van der Waals surface area contributed by atoms with Crippen LogP contribution in [0.15, 0.2) is 54.1 Å². The zero-order valence-electron chi connectivity index (χ0n) is 13.5. The van der Waals surface area contributed by atoms with Crippen molar-refractivity contribution in [2.75, 3.05) is 11.9 Å². The second kappa shape index (κ2) is 6.49. The van der Waals surface area contributed by atoms with Crippen LogP contribution in [0.3, 0.4) is 0 Å². The highest BCUT2D eigenvalue weighted by molar-refractivity contribution is 5.66. The third-order valence-electron chi connectivity index (χ3n) is 4.90. The second-order valence-corrected chi connectivity index (χ2v) is 6.50. The van der Waals surface area contributed by atoms with Gasteiger partial charge >= 0.3 is 6.09 Å². The topological polar surface area (TPSA) is 52.6 Å². The number of anilines is 1. The van der Waals surface area contributed by atoms with Crippen LogP contribution in [0.5, 0.6) is 0 Å². The first-order valence-electron chi connectivity index (χ1n) is 8.29. The van der Waals surface area contributed by atoms with Gasteiger partial charge in [-0.3, -0.25) is 0 Å². The van der Waals surface area contributed by atoms with Crippen molar-refractivity contribution in [3.8, 4) is 0 Å². The van der Waals surface area contributed by atoms with Crippen molar-refractivity contribution in [1.29, 1.82) is 0 Å². The number of rotatable bonds is 3. The van der Waals surface area contributed by atoms with E-state index in [0.29, 0.717) is 6.54 Å². The molecular weight excluding hydrogens is 288 g/mol. The predicted molar refractivity (Wildman–Crippen MR) is 92.7 cm³/mol. The first-order valence-corrected chi connectivity index (χ1v) is 8.29. The molecule has 23 heavy (non-hydrogen) atoms. The van der Waals surface area contributed by atoms with Crippen LogP contribution >= 0.6 is 0 Å². The van der Waals surface area contributed by atoms with E-state index in [9.17, 15) is 9.90 Å². The highest BCUT2D eigenvalue weighted by Crippen LogP contribution is 2.36. The molecule has 2 N–H and O–H groups in total. The Morgan fingerprint density at radius 2 is 2.09 bits per heavy atom. The minimum atomic E-state index is -0.816. The molecule has 1 aliphatic heterocycles. The highest BCUT2D eigenvalue weighted by atomic mass is 16.4. The lowest BCUT2D eigenvalue weighted by Gasteiger charge is -2.47. The number of hydrogen-bond donors (Lipinski definition) is 2. The number of nitrogens with zero attached hydrogens (tertiary/aromatic N) is 1. The van der Waals surface area contributed by atoms with E-state index in [4.69, 9.17) is 0 Å². The Kier molecular flexibility index (Phi) is 4.42. The molecule has 1 amide bonds. The van der Waals surface area contributed by atoms with Crippen LogP contribution in [0.4, 0.5) is 10.5 Å². The van der Waals surface area contributed by atoms with Crippen LogP contribution < -0.4 is 5.32 Å². The van der Waals surface area contributed by atoms with Crippen LogP contribution in [0, 0.1) is 0 Å². The van der Waals surface area contributed by atoms with E-state index in [1.807, 2.05) is 30.3 Å². The van der Waals surface area contributed by atoms with Gasteiger partial charge in [-0.05, 0) is 44.7 Å².